The van der Waals surface area contributed by atoms with Crippen LogP contribution in [-0.2, 0) is 9.47 Å². The lowest BCUT2D eigenvalue weighted by atomic mass is 10.1. The van der Waals surface area contributed by atoms with E-state index in [4.69, 9.17) is 19.9 Å². The van der Waals surface area contributed by atoms with Crippen molar-refractivity contribution in [2.75, 3.05) is 31.3 Å². The molecule has 1 saturated heterocycles. The van der Waals surface area contributed by atoms with Crippen LogP contribution < -0.4 is 10.5 Å². The van der Waals surface area contributed by atoms with Crippen LogP contribution in [-0.4, -0.2) is 84.7 Å². The molecule has 1 fully saturated rings. The van der Waals surface area contributed by atoms with E-state index in [0.717, 1.165) is 0 Å². The lowest BCUT2D eigenvalue weighted by Gasteiger charge is -2.19. The van der Waals surface area contributed by atoms with Crippen molar-refractivity contribution in [2.45, 2.75) is 50.0 Å². The number of hydrogen-bond acceptors (Lipinski definition) is 12. The summed E-state index contributed by atoms with van der Waals surface area (Å²) >= 11 is 1.38. The molecule has 12 nitrogen and oxygen atoms in total. The zero-order valence-electron chi connectivity index (χ0n) is 20.6. The van der Waals surface area contributed by atoms with Crippen molar-refractivity contribution in [2.24, 2.45) is 5.92 Å². The Balaban J connectivity index is 1.36. The largest absolute Gasteiger partial charge is 0.494 e. The molecule has 13 heteroatoms. The summed E-state index contributed by atoms with van der Waals surface area (Å²) in [5.74, 6) is 1.32. The fourth-order valence-corrected chi connectivity index (χ4v) is 4.69. The number of imidazole rings is 1. The van der Waals surface area contributed by atoms with Crippen LogP contribution in [0.5, 0.6) is 5.75 Å². The summed E-state index contributed by atoms with van der Waals surface area (Å²) < 4.78 is 18.3. The van der Waals surface area contributed by atoms with Gasteiger partial charge in [-0.25, -0.2) is 19.7 Å². The molecular weight excluding hydrogens is 502 g/mol. The van der Waals surface area contributed by atoms with Gasteiger partial charge in [-0.2, -0.15) is 0 Å². The molecule has 3 heterocycles. The third-order valence-corrected chi connectivity index (χ3v) is 6.71. The third kappa shape index (κ3) is 6.13. The van der Waals surface area contributed by atoms with Crippen LogP contribution in [0.2, 0.25) is 0 Å². The molecule has 0 amide bonds. The van der Waals surface area contributed by atoms with Crippen molar-refractivity contribution in [3.8, 4) is 5.75 Å². The van der Waals surface area contributed by atoms with Crippen LogP contribution in [0.3, 0.4) is 0 Å². The number of benzene rings is 1. The number of anilines is 1. The third-order valence-electron chi connectivity index (χ3n) is 5.67. The molecule has 1 aliphatic rings. The highest BCUT2D eigenvalue weighted by atomic mass is 32.2. The number of ether oxygens (including phenoxy) is 3. The fraction of sp³-hybridized carbons (Fsp3) is 0.500. The van der Waals surface area contributed by atoms with Gasteiger partial charge in [0.1, 0.15) is 30.4 Å². The quantitative estimate of drug-likeness (QED) is 0.159. The van der Waals surface area contributed by atoms with Gasteiger partial charge in [-0.1, -0.05) is 25.6 Å². The van der Waals surface area contributed by atoms with Crippen LogP contribution in [0.4, 0.5) is 5.82 Å². The number of aromatic nitrogens is 4. The van der Waals surface area contributed by atoms with Gasteiger partial charge in [-0.05, 0) is 36.6 Å². The maximum Gasteiger partial charge on any atom is 0.338 e. The number of fused-ring (bicyclic) bond motifs is 1. The van der Waals surface area contributed by atoms with Gasteiger partial charge in [0.2, 0.25) is 0 Å². The summed E-state index contributed by atoms with van der Waals surface area (Å²) in [4.78, 5) is 24.8. The number of esters is 1. The zero-order chi connectivity index (χ0) is 26.5. The molecule has 5 N–H and O–H groups in total. The van der Waals surface area contributed by atoms with Crippen molar-refractivity contribution < 1.29 is 34.3 Å². The van der Waals surface area contributed by atoms with Crippen molar-refractivity contribution in [1.29, 1.82) is 0 Å². The van der Waals surface area contributed by atoms with Crippen molar-refractivity contribution in [1.82, 2.24) is 19.5 Å². The molecule has 0 aliphatic carbocycles. The zero-order valence-corrected chi connectivity index (χ0v) is 21.4. The minimum absolute atomic E-state index is 0.178. The minimum Gasteiger partial charge on any atom is -0.494 e. The summed E-state index contributed by atoms with van der Waals surface area (Å²) in [5, 5.41) is 30.7. The first-order valence-electron chi connectivity index (χ1n) is 11.9. The van der Waals surface area contributed by atoms with E-state index >= 15 is 0 Å². The first kappa shape index (κ1) is 27.1. The standard InChI is InChI=1S/C24H31N5O7S/c1-13(2)11-35-23(33)14-4-6-15(7-5-14)34-8-3-9-37-24-28-17-20(25)26-12-27-21(17)29(24)22-19(32)18(31)16(10-30)36-22/h4-7,12-13,16,18-19,22,30-32H,3,8-11H2,1-2H3,(H2,25,26,27)/t16-,18-,19-,22-/m1/s1. The Morgan fingerprint density at radius 3 is 2.65 bits per heavy atom. The number of nitrogens with two attached hydrogens (primary N) is 1. The maximum atomic E-state index is 12.0. The SMILES string of the molecule is CC(C)COC(=O)c1ccc(OCCCSc2nc3c(N)ncnc3n2[C@@H]2O[C@H](CO)[C@@H](O)[C@H]2O)cc1. The van der Waals surface area contributed by atoms with E-state index in [9.17, 15) is 20.1 Å². The number of carbonyl (C=O) groups is 1. The van der Waals surface area contributed by atoms with Gasteiger partial charge in [0.25, 0.3) is 0 Å². The number of nitrogens with zero attached hydrogens (tertiary/aromatic N) is 4. The van der Waals surface area contributed by atoms with E-state index < -0.39 is 31.1 Å². The summed E-state index contributed by atoms with van der Waals surface area (Å²) in [5.41, 5.74) is 7.15. The molecule has 4 rings (SSSR count). The van der Waals surface area contributed by atoms with E-state index in [1.807, 2.05) is 13.8 Å². The van der Waals surface area contributed by atoms with Gasteiger partial charge in [-0.15, -0.1) is 0 Å². The summed E-state index contributed by atoms with van der Waals surface area (Å²) in [7, 11) is 0. The molecule has 0 bridgehead atoms. The highest BCUT2D eigenvalue weighted by Crippen LogP contribution is 2.36. The number of carbonyl (C=O) groups excluding carboxylic acids is 1. The average molecular weight is 534 g/mol. The molecule has 0 radical (unpaired) electrons. The molecule has 0 saturated carbocycles. The second-order valence-electron chi connectivity index (χ2n) is 8.99. The summed E-state index contributed by atoms with van der Waals surface area (Å²) in [6.45, 7) is 4.30. The topological polar surface area (TPSA) is 175 Å². The lowest BCUT2D eigenvalue weighted by molar-refractivity contribution is -0.0548. The Morgan fingerprint density at radius 2 is 1.97 bits per heavy atom. The Hall–Kier alpha value is -2.97. The van der Waals surface area contributed by atoms with Gasteiger partial charge in [0.05, 0.1) is 25.4 Å². The van der Waals surface area contributed by atoms with Gasteiger partial charge in [-0.3, -0.25) is 4.57 Å². The van der Waals surface area contributed by atoms with Crippen LogP contribution in [0.15, 0.2) is 35.7 Å². The Bertz CT molecular complexity index is 1210. The molecule has 2 aromatic heterocycles. The van der Waals surface area contributed by atoms with Crippen LogP contribution in [0.25, 0.3) is 11.2 Å². The first-order valence-corrected chi connectivity index (χ1v) is 12.9. The molecule has 200 valence electrons. The Labute approximate surface area is 217 Å². The summed E-state index contributed by atoms with van der Waals surface area (Å²) in [6, 6.07) is 6.78. The first-order chi connectivity index (χ1) is 17.8. The highest BCUT2D eigenvalue weighted by Gasteiger charge is 2.45. The monoisotopic (exact) mass is 533 g/mol. The van der Waals surface area contributed by atoms with Gasteiger partial charge >= 0.3 is 5.97 Å². The molecule has 0 unspecified atom stereocenters. The van der Waals surface area contributed by atoms with Crippen molar-refractivity contribution >= 4 is 34.7 Å². The molecular formula is C24H31N5O7S. The number of rotatable bonds is 11. The number of hydrogen-bond donors (Lipinski definition) is 4. The molecule has 1 aromatic carbocycles. The minimum atomic E-state index is -1.29. The van der Waals surface area contributed by atoms with Crippen molar-refractivity contribution in [3.05, 3.63) is 36.2 Å². The predicted molar refractivity (Wildman–Crippen MR) is 135 cm³/mol. The van der Waals surface area contributed by atoms with Crippen molar-refractivity contribution in [3.63, 3.8) is 0 Å². The van der Waals surface area contributed by atoms with Gasteiger partial charge in [0.15, 0.2) is 28.4 Å². The van der Waals surface area contributed by atoms with E-state index in [2.05, 4.69) is 15.0 Å². The fourth-order valence-electron chi connectivity index (χ4n) is 3.76. The molecule has 0 spiro atoms. The van der Waals surface area contributed by atoms with E-state index in [0.29, 0.717) is 53.0 Å². The molecule has 4 atom stereocenters. The summed E-state index contributed by atoms with van der Waals surface area (Å²) in [6.07, 6.45) is -2.56. The van der Waals surface area contributed by atoms with E-state index in [1.165, 1.54) is 18.1 Å². The lowest BCUT2D eigenvalue weighted by Crippen LogP contribution is -2.33. The van der Waals surface area contributed by atoms with Gasteiger partial charge < -0.3 is 35.3 Å². The van der Waals surface area contributed by atoms with Crippen LogP contribution in [0.1, 0.15) is 36.9 Å². The number of aliphatic hydroxyl groups is 3. The van der Waals surface area contributed by atoms with E-state index in [-0.39, 0.29) is 17.7 Å². The van der Waals surface area contributed by atoms with Crippen LogP contribution >= 0.6 is 11.8 Å². The second kappa shape index (κ2) is 12.0. The average Bonchev–Trinajstić information content (AvgIpc) is 3.40. The van der Waals surface area contributed by atoms with E-state index in [1.54, 1.807) is 28.8 Å². The molecule has 3 aromatic rings. The maximum absolute atomic E-state index is 12.0. The molecule has 37 heavy (non-hydrogen) atoms. The number of thioether (sulfide) groups is 1. The molecule has 1 aliphatic heterocycles. The smallest absolute Gasteiger partial charge is 0.338 e. The number of nitrogen functional groups attached to an aromatic ring is 1. The predicted octanol–water partition coefficient (Wildman–Crippen LogP) is 1.39. The Morgan fingerprint density at radius 1 is 1.22 bits per heavy atom. The highest BCUT2D eigenvalue weighted by molar-refractivity contribution is 7.99. The van der Waals surface area contributed by atoms with Crippen LogP contribution in [0, 0.1) is 5.92 Å². The van der Waals surface area contributed by atoms with Gasteiger partial charge in [0, 0.05) is 5.75 Å². The normalized spacial score (nSPS) is 21.6. The number of aliphatic hydroxyl groups excluding tert-OH is 3. The second-order valence-corrected chi connectivity index (χ2v) is 10.1. The Kier molecular flexibility index (Phi) is 8.82.